The minimum Gasteiger partial charge on any atom is -0.340 e. The van der Waals surface area contributed by atoms with Crippen LogP contribution in [0.25, 0.3) is 0 Å². The summed E-state index contributed by atoms with van der Waals surface area (Å²) in [7, 11) is 0. The van der Waals surface area contributed by atoms with Crippen LogP contribution in [-0.2, 0) is 16.0 Å². The zero-order valence-electron chi connectivity index (χ0n) is 11.9. The number of fused-ring (bicyclic) bond motifs is 1. The van der Waals surface area contributed by atoms with E-state index in [1.807, 2.05) is 0 Å². The predicted molar refractivity (Wildman–Crippen MR) is 76.0 cm³/mol. The molecular weight excluding hydrogens is 271 g/mol. The van der Waals surface area contributed by atoms with Crippen molar-refractivity contribution < 1.29 is 14.0 Å². The second-order valence-corrected chi connectivity index (χ2v) is 5.70. The Kier molecular flexibility index (Phi) is 3.90. The second kappa shape index (κ2) is 5.84. The fraction of sp³-hybridized carbons (Fsp3) is 0.500. The van der Waals surface area contributed by atoms with Crippen LogP contribution in [0.5, 0.6) is 0 Å². The molecule has 2 aliphatic heterocycles. The van der Waals surface area contributed by atoms with Crippen molar-refractivity contribution in [3.8, 4) is 0 Å². The van der Waals surface area contributed by atoms with Crippen LogP contribution in [0.15, 0.2) is 24.3 Å². The summed E-state index contributed by atoms with van der Waals surface area (Å²) in [5, 5.41) is 0. The highest BCUT2D eigenvalue weighted by atomic mass is 19.1. The lowest BCUT2D eigenvalue weighted by atomic mass is 10.1. The number of nitrogens with zero attached hydrogens (tertiary/aromatic N) is 2. The molecule has 1 atom stereocenters. The smallest absolute Gasteiger partial charge is 0.245 e. The molecule has 1 unspecified atom stereocenters. The molecular formula is C16H19FN2O2. The van der Waals surface area contributed by atoms with Crippen molar-refractivity contribution in [2.45, 2.75) is 31.7 Å². The number of carbonyl (C=O) groups excluding carboxylic acids is 2. The van der Waals surface area contributed by atoms with E-state index in [0.29, 0.717) is 32.5 Å². The van der Waals surface area contributed by atoms with Crippen molar-refractivity contribution in [1.29, 1.82) is 0 Å². The number of benzene rings is 1. The van der Waals surface area contributed by atoms with Crippen LogP contribution >= 0.6 is 0 Å². The third-order valence-electron chi connectivity index (χ3n) is 4.35. The fourth-order valence-electron chi connectivity index (χ4n) is 3.15. The monoisotopic (exact) mass is 290 g/mol. The minimum absolute atomic E-state index is 0.0699. The lowest BCUT2D eigenvalue weighted by Crippen LogP contribution is -2.44. The topological polar surface area (TPSA) is 40.6 Å². The maximum Gasteiger partial charge on any atom is 0.245 e. The van der Waals surface area contributed by atoms with Gasteiger partial charge in [-0.2, -0.15) is 0 Å². The van der Waals surface area contributed by atoms with Gasteiger partial charge in [0, 0.05) is 26.1 Å². The van der Waals surface area contributed by atoms with Crippen molar-refractivity contribution in [3.05, 3.63) is 35.6 Å². The van der Waals surface area contributed by atoms with Crippen LogP contribution < -0.4 is 0 Å². The van der Waals surface area contributed by atoms with Crippen LogP contribution in [0.3, 0.4) is 0 Å². The molecule has 0 aliphatic carbocycles. The molecule has 2 heterocycles. The molecule has 0 bridgehead atoms. The Morgan fingerprint density at radius 3 is 2.67 bits per heavy atom. The van der Waals surface area contributed by atoms with E-state index in [4.69, 9.17) is 0 Å². The maximum absolute atomic E-state index is 12.9. The van der Waals surface area contributed by atoms with Gasteiger partial charge in [0.25, 0.3) is 0 Å². The molecule has 0 aromatic heterocycles. The van der Waals surface area contributed by atoms with Crippen LogP contribution in [0.2, 0.25) is 0 Å². The molecule has 4 nitrogen and oxygen atoms in total. The lowest BCUT2D eigenvalue weighted by Gasteiger charge is -2.25. The Balaban J connectivity index is 1.66. The van der Waals surface area contributed by atoms with Gasteiger partial charge in [0.15, 0.2) is 0 Å². The Bertz CT molecular complexity index is 544. The number of rotatable bonds is 3. The molecule has 21 heavy (non-hydrogen) atoms. The summed E-state index contributed by atoms with van der Waals surface area (Å²) in [6.45, 7) is 1.79. The average molecular weight is 290 g/mol. The van der Waals surface area contributed by atoms with Crippen molar-refractivity contribution in [1.82, 2.24) is 9.80 Å². The normalized spacial score (nSPS) is 22.4. The zero-order chi connectivity index (χ0) is 14.8. The van der Waals surface area contributed by atoms with Gasteiger partial charge in [-0.25, -0.2) is 4.39 Å². The van der Waals surface area contributed by atoms with Crippen LogP contribution in [0, 0.1) is 5.82 Å². The van der Waals surface area contributed by atoms with Gasteiger partial charge in [-0.3, -0.25) is 9.59 Å². The highest BCUT2D eigenvalue weighted by molar-refractivity contribution is 5.90. The Morgan fingerprint density at radius 1 is 1.14 bits per heavy atom. The first-order chi connectivity index (χ1) is 10.1. The van der Waals surface area contributed by atoms with Crippen LogP contribution in [0.4, 0.5) is 4.39 Å². The average Bonchev–Trinajstić information content (AvgIpc) is 2.94. The number of carbonyl (C=O) groups is 2. The Labute approximate surface area is 123 Å². The molecule has 1 aromatic rings. The first kappa shape index (κ1) is 14.0. The summed E-state index contributed by atoms with van der Waals surface area (Å²) in [5.74, 6) is -0.0904. The molecule has 2 aliphatic rings. The summed E-state index contributed by atoms with van der Waals surface area (Å²) in [6.07, 6.45) is 2.78. The van der Waals surface area contributed by atoms with E-state index in [1.54, 1.807) is 21.9 Å². The molecule has 112 valence electrons. The van der Waals surface area contributed by atoms with E-state index >= 15 is 0 Å². The summed E-state index contributed by atoms with van der Waals surface area (Å²) in [5.41, 5.74) is 1.00. The van der Waals surface area contributed by atoms with Gasteiger partial charge in [-0.1, -0.05) is 12.1 Å². The van der Waals surface area contributed by atoms with Gasteiger partial charge in [0.1, 0.15) is 11.9 Å². The van der Waals surface area contributed by atoms with Crippen molar-refractivity contribution in [3.63, 3.8) is 0 Å². The van der Waals surface area contributed by atoms with Gasteiger partial charge < -0.3 is 9.80 Å². The van der Waals surface area contributed by atoms with E-state index < -0.39 is 0 Å². The van der Waals surface area contributed by atoms with Crippen molar-refractivity contribution in [2.75, 3.05) is 19.6 Å². The van der Waals surface area contributed by atoms with Gasteiger partial charge in [-0.05, 0) is 37.0 Å². The van der Waals surface area contributed by atoms with E-state index in [2.05, 4.69) is 0 Å². The number of halogens is 1. The van der Waals surface area contributed by atoms with Gasteiger partial charge in [-0.15, -0.1) is 0 Å². The minimum atomic E-state index is -0.256. The molecule has 0 saturated carbocycles. The van der Waals surface area contributed by atoms with Gasteiger partial charge in [0.05, 0.1) is 0 Å². The quantitative estimate of drug-likeness (QED) is 0.848. The molecule has 1 aromatic carbocycles. The summed E-state index contributed by atoms with van der Waals surface area (Å²) in [6, 6.07) is 6.09. The molecule has 5 heteroatoms. The maximum atomic E-state index is 12.9. The lowest BCUT2D eigenvalue weighted by molar-refractivity contribution is -0.139. The van der Waals surface area contributed by atoms with Crippen molar-refractivity contribution in [2.24, 2.45) is 0 Å². The SMILES string of the molecule is O=C1C2CCCN2C(=O)CCN1CCc1ccc(F)cc1. The molecule has 2 fully saturated rings. The number of hydrogen-bond donors (Lipinski definition) is 0. The molecule has 0 N–H and O–H groups in total. The fourth-order valence-corrected chi connectivity index (χ4v) is 3.15. The zero-order valence-corrected chi connectivity index (χ0v) is 11.9. The second-order valence-electron chi connectivity index (χ2n) is 5.70. The highest BCUT2D eigenvalue weighted by Crippen LogP contribution is 2.23. The van der Waals surface area contributed by atoms with Gasteiger partial charge >= 0.3 is 0 Å². The van der Waals surface area contributed by atoms with Crippen LogP contribution in [0.1, 0.15) is 24.8 Å². The molecule has 0 radical (unpaired) electrons. The van der Waals surface area contributed by atoms with Gasteiger partial charge in [0.2, 0.25) is 11.8 Å². The number of amides is 2. The summed E-state index contributed by atoms with van der Waals surface area (Å²) in [4.78, 5) is 28.0. The molecule has 3 rings (SSSR count). The third-order valence-corrected chi connectivity index (χ3v) is 4.35. The Morgan fingerprint density at radius 2 is 1.90 bits per heavy atom. The molecule has 0 spiro atoms. The first-order valence-corrected chi connectivity index (χ1v) is 7.48. The van der Waals surface area contributed by atoms with Crippen molar-refractivity contribution >= 4 is 11.8 Å². The third kappa shape index (κ3) is 2.91. The van der Waals surface area contributed by atoms with Crippen LogP contribution in [-0.4, -0.2) is 47.3 Å². The van der Waals surface area contributed by atoms with E-state index in [0.717, 1.165) is 18.4 Å². The van der Waals surface area contributed by atoms with E-state index in [-0.39, 0.29) is 23.7 Å². The summed E-state index contributed by atoms with van der Waals surface area (Å²) < 4.78 is 12.9. The Hall–Kier alpha value is -1.91. The predicted octanol–water partition coefficient (Wildman–Crippen LogP) is 1.59. The van der Waals surface area contributed by atoms with E-state index in [1.165, 1.54) is 12.1 Å². The first-order valence-electron chi connectivity index (χ1n) is 7.48. The molecule has 2 saturated heterocycles. The van der Waals surface area contributed by atoms with E-state index in [9.17, 15) is 14.0 Å². The molecule has 2 amide bonds. The highest BCUT2D eigenvalue weighted by Gasteiger charge is 2.38. The standard InChI is InChI=1S/C16H19FN2O2/c17-13-5-3-12(4-6-13)7-10-18-11-8-15(20)19-9-1-2-14(19)16(18)21/h3-6,14H,1-2,7-11H2. The number of hydrogen-bond acceptors (Lipinski definition) is 2. The summed E-state index contributed by atoms with van der Waals surface area (Å²) >= 11 is 0. The largest absolute Gasteiger partial charge is 0.340 e.